The van der Waals surface area contributed by atoms with E-state index in [2.05, 4.69) is 34.4 Å². The molecule has 1 aromatic rings. The second-order valence-corrected chi connectivity index (χ2v) is 7.15. The third-order valence-electron chi connectivity index (χ3n) is 5.36. The van der Waals surface area contributed by atoms with Gasteiger partial charge in [0.25, 0.3) is 0 Å². The van der Waals surface area contributed by atoms with Crippen LogP contribution >= 0.6 is 0 Å². The zero-order valence-electron chi connectivity index (χ0n) is 17.4. The summed E-state index contributed by atoms with van der Waals surface area (Å²) in [6.45, 7) is 11.9. The third-order valence-corrected chi connectivity index (χ3v) is 5.36. The lowest BCUT2D eigenvalue weighted by molar-refractivity contribution is 0.00272. The minimum absolute atomic E-state index is 0.337. The van der Waals surface area contributed by atoms with Crippen molar-refractivity contribution < 1.29 is 14.2 Å². The first-order chi connectivity index (χ1) is 13.6. The number of nitrogens with zero attached hydrogens (tertiary/aromatic N) is 2. The van der Waals surface area contributed by atoms with Gasteiger partial charge in [0.05, 0.1) is 19.8 Å². The Hall–Kier alpha value is -1.86. The topological polar surface area (TPSA) is 69.1 Å². The molecule has 1 aliphatic heterocycles. The maximum absolute atomic E-state index is 13.5. The lowest BCUT2D eigenvalue weighted by atomic mass is 9.92. The summed E-state index contributed by atoms with van der Waals surface area (Å²) in [4.78, 5) is 7.11. The van der Waals surface area contributed by atoms with E-state index in [1.54, 1.807) is 6.07 Å². The number of aromatic hydroxyl groups is 1. The van der Waals surface area contributed by atoms with Gasteiger partial charge in [-0.3, -0.25) is 4.90 Å². The van der Waals surface area contributed by atoms with Crippen molar-refractivity contribution in [3.8, 4) is 5.75 Å². The maximum Gasteiger partial charge on any atom is 0.191 e. The summed E-state index contributed by atoms with van der Waals surface area (Å²) in [5.74, 6) is 0.378. The summed E-state index contributed by atoms with van der Waals surface area (Å²) >= 11 is 0. The lowest BCUT2D eigenvalue weighted by Gasteiger charge is -2.39. The monoisotopic (exact) mass is 394 g/mol. The van der Waals surface area contributed by atoms with Crippen LogP contribution in [0.2, 0.25) is 0 Å². The van der Waals surface area contributed by atoms with Crippen molar-refractivity contribution in [2.45, 2.75) is 46.2 Å². The Morgan fingerprint density at radius 1 is 1.21 bits per heavy atom. The molecule has 1 atom stereocenters. The molecule has 2 rings (SSSR count). The predicted octanol–water partition coefficient (Wildman–Crippen LogP) is 2.72. The molecule has 0 radical (unpaired) electrons. The van der Waals surface area contributed by atoms with E-state index in [1.807, 2.05) is 6.92 Å². The number of aliphatic imine (C=N–C) groups is 1. The van der Waals surface area contributed by atoms with Gasteiger partial charge in [-0.25, -0.2) is 9.38 Å². The van der Waals surface area contributed by atoms with Crippen LogP contribution in [0.15, 0.2) is 23.2 Å². The van der Waals surface area contributed by atoms with Crippen molar-refractivity contribution >= 4 is 5.96 Å². The quantitative estimate of drug-likeness (QED) is 0.444. The summed E-state index contributed by atoms with van der Waals surface area (Å²) in [5.41, 5.74) is 0.720. The molecule has 0 amide bonds. The first-order valence-corrected chi connectivity index (χ1v) is 10.4. The van der Waals surface area contributed by atoms with Gasteiger partial charge in [-0.1, -0.05) is 32.8 Å². The molecule has 0 aromatic heterocycles. The Morgan fingerprint density at radius 2 is 1.93 bits per heavy atom. The number of nitrogens with one attached hydrogen (secondary N) is 2. The fraction of sp³-hybridized carbons (Fsp3) is 0.667. The zero-order valence-corrected chi connectivity index (χ0v) is 17.4. The molecule has 6 nitrogen and oxygen atoms in total. The van der Waals surface area contributed by atoms with E-state index in [4.69, 9.17) is 4.74 Å². The predicted molar refractivity (Wildman–Crippen MR) is 111 cm³/mol. The van der Waals surface area contributed by atoms with Crippen LogP contribution in [0.1, 0.15) is 39.2 Å². The summed E-state index contributed by atoms with van der Waals surface area (Å²) in [6.07, 6.45) is 2.28. The largest absolute Gasteiger partial charge is 0.505 e. The van der Waals surface area contributed by atoms with Crippen LogP contribution < -0.4 is 10.6 Å². The van der Waals surface area contributed by atoms with Crippen molar-refractivity contribution in [1.29, 1.82) is 0 Å². The first-order valence-electron chi connectivity index (χ1n) is 10.4. The van der Waals surface area contributed by atoms with Crippen molar-refractivity contribution in [1.82, 2.24) is 15.5 Å². The average molecular weight is 395 g/mol. The number of halogens is 1. The molecule has 0 aliphatic carbocycles. The second kappa shape index (κ2) is 11.9. The van der Waals surface area contributed by atoms with Crippen LogP contribution in [-0.4, -0.2) is 61.4 Å². The van der Waals surface area contributed by atoms with E-state index in [-0.39, 0.29) is 5.75 Å². The number of hydrogen-bond acceptors (Lipinski definition) is 4. The fourth-order valence-electron chi connectivity index (χ4n) is 3.70. The second-order valence-electron chi connectivity index (χ2n) is 7.15. The van der Waals surface area contributed by atoms with Gasteiger partial charge in [-0.2, -0.15) is 0 Å². The highest BCUT2D eigenvalue weighted by Gasteiger charge is 2.27. The number of morpholine rings is 1. The Kier molecular flexibility index (Phi) is 9.50. The summed E-state index contributed by atoms with van der Waals surface area (Å²) in [5, 5.41) is 16.1. The number of rotatable bonds is 9. The van der Waals surface area contributed by atoms with Gasteiger partial charge in [-0.05, 0) is 30.5 Å². The summed E-state index contributed by atoms with van der Waals surface area (Å²) in [7, 11) is 0. The van der Waals surface area contributed by atoms with Gasteiger partial charge in [0.2, 0.25) is 0 Å². The number of guanidine groups is 1. The molecule has 1 heterocycles. The number of hydrogen-bond donors (Lipinski definition) is 3. The van der Waals surface area contributed by atoms with Gasteiger partial charge in [-0.15, -0.1) is 0 Å². The molecule has 0 bridgehead atoms. The highest BCUT2D eigenvalue weighted by molar-refractivity contribution is 5.79. The molecule has 0 saturated carbocycles. The van der Waals surface area contributed by atoms with E-state index in [9.17, 15) is 9.50 Å². The van der Waals surface area contributed by atoms with Gasteiger partial charge < -0.3 is 20.5 Å². The number of phenols is 1. The molecular formula is C21H35FN4O2. The molecule has 1 aromatic carbocycles. The van der Waals surface area contributed by atoms with E-state index < -0.39 is 5.82 Å². The van der Waals surface area contributed by atoms with Gasteiger partial charge >= 0.3 is 0 Å². The summed E-state index contributed by atoms with van der Waals surface area (Å²) in [6, 6.07) is 4.80. The Labute approximate surface area is 168 Å². The molecule has 1 saturated heterocycles. The van der Waals surface area contributed by atoms with E-state index in [0.717, 1.165) is 63.8 Å². The molecule has 1 aliphatic rings. The number of benzene rings is 1. The molecule has 1 unspecified atom stereocenters. The van der Waals surface area contributed by atoms with E-state index >= 15 is 0 Å². The Bertz CT molecular complexity index is 616. The van der Waals surface area contributed by atoms with Crippen LogP contribution in [0.3, 0.4) is 0 Å². The zero-order chi connectivity index (χ0) is 20.4. The van der Waals surface area contributed by atoms with E-state index in [1.165, 1.54) is 12.1 Å². The van der Waals surface area contributed by atoms with Gasteiger partial charge in [0, 0.05) is 32.2 Å². The number of phenolic OH excluding ortho intramolecular Hbond substituents is 1. The van der Waals surface area contributed by atoms with Crippen LogP contribution in [0.5, 0.6) is 5.75 Å². The van der Waals surface area contributed by atoms with Crippen molar-refractivity contribution in [3.63, 3.8) is 0 Å². The van der Waals surface area contributed by atoms with Crippen LogP contribution in [0.25, 0.3) is 0 Å². The summed E-state index contributed by atoms with van der Waals surface area (Å²) < 4.78 is 19.1. The van der Waals surface area contributed by atoms with E-state index in [0.29, 0.717) is 18.5 Å². The van der Waals surface area contributed by atoms with Crippen LogP contribution in [-0.2, 0) is 11.3 Å². The lowest BCUT2D eigenvalue weighted by Crippen LogP contribution is -2.53. The average Bonchev–Trinajstić information content (AvgIpc) is 2.72. The van der Waals surface area contributed by atoms with Gasteiger partial charge in [0.1, 0.15) is 0 Å². The number of ether oxygens (including phenoxy) is 1. The van der Waals surface area contributed by atoms with Gasteiger partial charge in [0.15, 0.2) is 17.5 Å². The first kappa shape index (κ1) is 22.4. The minimum atomic E-state index is -0.619. The van der Waals surface area contributed by atoms with Crippen LogP contribution in [0, 0.1) is 11.7 Å². The smallest absolute Gasteiger partial charge is 0.191 e. The molecule has 7 heteroatoms. The molecule has 1 fully saturated rings. The normalized spacial score (nSPS) is 17.0. The Morgan fingerprint density at radius 3 is 2.54 bits per heavy atom. The maximum atomic E-state index is 13.5. The third kappa shape index (κ3) is 6.63. The molecule has 158 valence electrons. The Balaban J connectivity index is 2.03. The fourth-order valence-corrected chi connectivity index (χ4v) is 3.70. The minimum Gasteiger partial charge on any atom is -0.505 e. The standard InChI is InChI=1S/C21H35FN4O2/c1-4-17(5-2)19(26-9-11-28-12-10-26)15-25-21(23-6-3)24-14-16-7-8-20(27)18(22)13-16/h7-8,13,17,19,27H,4-6,9-12,14-15H2,1-3H3,(H2,23,24,25). The molecule has 28 heavy (non-hydrogen) atoms. The van der Waals surface area contributed by atoms with Crippen LogP contribution in [0.4, 0.5) is 4.39 Å². The molecule has 0 spiro atoms. The van der Waals surface area contributed by atoms with Crippen molar-refractivity contribution in [2.24, 2.45) is 10.9 Å². The SMILES string of the molecule is CCNC(=NCc1ccc(O)c(F)c1)NCC(C(CC)CC)N1CCOCC1. The molecular weight excluding hydrogens is 359 g/mol. The highest BCUT2D eigenvalue weighted by atomic mass is 19.1. The van der Waals surface area contributed by atoms with Crippen molar-refractivity contribution in [2.75, 3.05) is 39.4 Å². The molecule has 3 N–H and O–H groups in total. The van der Waals surface area contributed by atoms with Crippen molar-refractivity contribution in [3.05, 3.63) is 29.6 Å². The highest BCUT2D eigenvalue weighted by Crippen LogP contribution is 2.20.